The smallest absolute Gasteiger partial charge is 0.180 e. The second-order valence-corrected chi connectivity index (χ2v) is 4.61. The van der Waals surface area contributed by atoms with Crippen LogP contribution >= 0.6 is 0 Å². The van der Waals surface area contributed by atoms with Crippen LogP contribution in [0.15, 0.2) is 24.3 Å². The Morgan fingerprint density at radius 3 is 2.12 bits per heavy atom. The van der Waals surface area contributed by atoms with Crippen molar-refractivity contribution in [2.24, 2.45) is 0 Å². The molecule has 0 heterocycles. The Kier molecular flexibility index (Phi) is 12.1. The van der Waals surface area contributed by atoms with E-state index >= 15 is 0 Å². The molecular formula is C16H25Li. The maximum Gasteiger partial charge on any atom is 1.00 e. The third-order valence-corrected chi connectivity index (χ3v) is 3.07. The van der Waals surface area contributed by atoms with E-state index in [0.29, 0.717) is 0 Å². The van der Waals surface area contributed by atoms with Crippen molar-refractivity contribution in [1.82, 2.24) is 0 Å². The van der Waals surface area contributed by atoms with E-state index < -0.39 is 0 Å². The topological polar surface area (TPSA) is 0 Å². The van der Waals surface area contributed by atoms with E-state index in [1.807, 2.05) is 12.1 Å². The molecule has 17 heavy (non-hydrogen) atoms. The monoisotopic (exact) mass is 224 g/mol. The predicted molar refractivity (Wildman–Crippen MR) is 71.6 cm³/mol. The molecule has 0 radical (unpaired) electrons. The largest absolute Gasteiger partial charge is 1.00 e. The van der Waals surface area contributed by atoms with Crippen LogP contribution < -0.4 is 18.9 Å². The summed E-state index contributed by atoms with van der Waals surface area (Å²) in [5, 5.41) is 0. The zero-order chi connectivity index (χ0) is 11.5. The average molecular weight is 224 g/mol. The number of aryl methyl sites for hydroxylation is 1. The van der Waals surface area contributed by atoms with Crippen LogP contribution in [0.3, 0.4) is 0 Å². The predicted octanol–water partition coefficient (Wildman–Crippen LogP) is 2.17. The van der Waals surface area contributed by atoms with E-state index in [1.54, 1.807) is 0 Å². The van der Waals surface area contributed by atoms with Crippen LogP contribution in [0.1, 0.15) is 63.9 Å². The van der Waals surface area contributed by atoms with Gasteiger partial charge in [0.25, 0.3) is 0 Å². The maximum absolute atomic E-state index is 3.29. The van der Waals surface area contributed by atoms with Crippen LogP contribution in [-0.4, -0.2) is 0 Å². The molecule has 0 amide bonds. The fourth-order valence-electron chi connectivity index (χ4n) is 2.04. The van der Waals surface area contributed by atoms with Crippen LogP contribution in [0.2, 0.25) is 0 Å². The molecule has 0 aliphatic rings. The van der Waals surface area contributed by atoms with Crippen LogP contribution in [0, 0.1) is 6.07 Å². The Labute approximate surface area is 119 Å². The van der Waals surface area contributed by atoms with Gasteiger partial charge in [-0.3, -0.25) is 0 Å². The number of hydrogen-bond donors (Lipinski definition) is 0. The Bertz CT molecular complexity index is 243. The number of benzene rings is 1. The number of rotatable bonds is 9. The Morgan fingerprint density at radius 2 is 1.53 bits per heavy atom. The summed E-state index contributed by atoms with van der Waals surface area (Å²) in [6.07, 6.45) is 12.4. The van der Waals surface area contributed by atoms with Crippen molar-refractivity contribution in [3.05, 3.63) is 35.9 Å². The van der Waals surface area contributed by atoms with Gasteiger partial charge in [-0.05, 0) is 0 Å². The van der Waals surface area contributed by atoms with Crippen molar-refractivity contribution in [2.45, 2.75) is 64.7 Å². The summed E-state index contributed by atoms with van der Waals surface area (Å²) in [4.78, 5) is 0. The molecule has 0 atom stereocenters. The Morgan fingerprint density at radius 1 is 0.882 bits per heavy atom. The van der Waals surface area contributed by atoms with E-state index in [1.165, 1.54) is 63.4 Å². The molecule has 0 aliphatic heterocycles. The Balaban J connectivity index is 0.00000256. The van der Waals surface area contributed by atoms with Crippen molar-refractivity contribution in [3.8, 4) is 0 Å². The first-order valence-electron chi connectivity index (χ1n) is 6.89. The van der Waals surface area contributed by atoms with Gasteiger partial charge < -0.3 is 0 Å². The molecule has 0 unspecified atom stereocenters. The first-order valence-corrected chi connectivity index (χ1v) is 6.89. The third kappa shape index (κ3) is 9.51. The van der Waals surface area contributed by atoms with Gasteiger partial charge in [-0.25, -0.2) is 0 Å². The molecule has 0 aromatic heterocycles. The molecule has 0 aliphatic carbocycles. The van der Waals surface area contributed by atoms with Gasteiger partial charge in [0.15, 0.2) is 0 Å². The summed E-state index contributed by atoms with van der Waals surface area (Å²) in [6.45, 7) is 2.27. The molecule has 0 spiro atoms. The zero-order valence-electron chi connectivity index (χ0n) is 11.7. The van der Waals surface area contributed by atoms with Gasteiger partial charge in [0.1, 0.15) is 0 Å². The van der Waals surface area contributed by atoms with Crippen molar-refractivity contribution in [3.63, 3.8) is 0 Å². The molecule has 0 bridgehead atoms. The van der Waals surface area contributed by atoms with Crippen LogP contribution in [-0.2, 0) is 6.42 Å². The number of unbranched alkanes of at least 4 members (excludes halogenated alkanes) is 7. The molecule has 0 saturated carbocycles. The molecule has 0 nitrogen and oxygen atoms in total. The molecule has 90 valence electrons. The SMILES string of the molecule is CCCCCCCCCCc1[c-]cccc1.[Li+]. The summed E-state index contributed by atoms with van der Waals surface area (Å²) >= 11 is 0. The van der Waals surface area contributed by atoms with Crippen LogP contribution in [0.5, 0.6) is 0 Å². The molecular weight excluding hydrogens is 199 g/mol. The van der Waals surface area contributed by atoms with Crippen molar-refractivity contribution >= 4 is 0 Å². The van der Waals surface area contributed by atoms with Crippen molar-refractivity contribution in [2.75, 3.05) is 0 Å². The normalized spacial score (nSPS) is 9.94. The summed E-state index contributed by atoms with van der Waals surface area (Å²) in [6, 6.07) is 11.6. The van der Waals surface area contributed by atoms with Gasteiger partial charge >= 0.3 is 18.9 Å². The maximum atomic E-state index is 3.29. The van der Waals surface area contributed by atoms with E-state index in [0.717, 1.165) is 0 Å². The van der Waals surface area contributed by atoms with Crippen LogP contribution in [0.4, 0.5) is 0 Å². The molecule has 0 saturated heterocycles. The second kappa shape index (κ2) is 12.3. The third-order valence-electron chi connectivity index (χ3n) is 3.07. The molecule has 1 aromatic carbocycles. The van der Waals surface area contributed by atoms with E-state index in [9.17, 15) is 0 Å². The standard InChI is InChI=1S/C16H25.Li/c1-2-3-4-5-6-7-8-10-13-16-14-11-9-12-15-16;/h9,11-12,14H,2-8,10,13H2,1H3;/q-1;+1. The molecule has 1 rings (SSSR count). The second-order valence-electron chi connectivity index (χ2n) is 4.61. The van der Waals surface area contributed by atoms with E-state index in [-0.39, 0.29) is 18.9 Å². The molecule has 0 N–H and O–H groups in total. The molecule has 0 fully saturated rings. The van der Waals surface area contributed by atoms with Gasteiger partial charge in [-0.1, -0.05) is 64.7 Å². The molecule has 1 heteroatoms. The summed E-state index contributed by atoms with van der Waals surface area (Å²) in [7, 11) is 0. The fourth-order valence-corrected chi connectivity index (χ4v) is 2.04. The van der Waals surface area contributed by atoms with Crippen molar-refractivity contribution in [1.29, 1.82) is 0 Å². The van der Waals surface area contributed by atoms with Gasteiger partial charge in [-0.15, -0.1) is 0 Å². The fraction of sp³-hybridized carbons (Fsp3) is 0.625. The van der Waals surface area contributed by atoms with E-state index in [4.69, 9.17) is 0 Å². The quantitative estimate of drug-likeness (QED) is 0.342. The number of hydrogen-bond acceptors (Lipinski definition) is 0. The minimum Gasteiger partial charge on any atom is -0.180 e. The minimum atomic E-state index is 0. The first-order chi connectivity index (χ1) is 7.93. The Hall–Kier alpha value is -0.183. The van der Waals surface area contributed by atoms with Crippen LogP contribution in [0.25, 0.3) is 0 Å². The molecule has 1 aromatic rings. The first kappa shape index (κ1) is 16.8. The average Bonchev–Trinajstić information content (AvgIpc) is 2.34. The van der Waals surface area contributed by atoms with E-state index in [2.05, 4.69) is 25.1 Å². The minimum absolute atomic E-state index is 0. The summed E-state index contributed by atoms with van der Waals surface area (Å²) in [5.41, 5.74) is 1.37. The summed E-state index contributed by atoms with van der Waals surface area (Å²) in [5.74, 6) is 0. The zero-order valence-corrected chi connectivity index (χ0v) is 11.7. The van der Waals surface area contributed by atoms with Gasteiger partial charge in [0, 0.05) is 0 Å². The summed E-state index contributed by atoms with van der Waals surface area (Å²) < 4.78 is 0. The van der Waals surface area contributed by atoms with Gasteiger partial charge in [-0.2, -0.15) is 35.9 Å². The van der Waals surface area contributed by atoms with Crippen molar-refractivity contribution < 1.29 is 18.9 Å². The van der Waals surface area contributed by atoms with Gasteiger partial charge in [0.2, 0.25) is 0 Å². The van der Waals surface area contributed by atoms with Gasteiger partial charge in [0.05, 0.1) is 0 Å².